The summed E-state index contributed by atoms with van der Waals surface area (Å²) in [7, 11) is 0. The number of aliphatic imine (C=N–C) groups is 2. The molecule has 224 valence electrons. The monoisotopic (exact) mass is 627 g/mol. The minimum atomic E-state index is -0.0930. The molecule has 0 aliphatic rings. The van der Waals surface area contributed by atoms with E-state index in [0.29, 0.717) is 11.5 Å². The summed E-state index contributed by atoms with van der Waals surface area (Å²) in [6.07, 6.45) is 4.60. The van der Waals surface area contributed by atoms with Crippen molar-refractivity contribution in [3.05, 3.63) is 65.1 Å². The number of hydrogen-bond donors (Lipinski definition) is 2. The van der Waals surface area contributed by atoms with Crippen LogP contribution >= 0.6 is 0 Å². The van der Waals surface area contributed by atoms with Crippen LogP contribution in [0.1, 0.15) is 130 Å². The molecule has 5 heteroatoms. The van der Waals surface area contributed by atoms with Crippen molar-refractivity contribution in [3.8, 4) is 11.5 Å². The number of phenolic OH excluding ortho intramolecular Hbond substituents is 2. The minimum absolute atomic E-state index is 0. The van der Waals surface area contributed by atoms with Gasteiger partial charge in [0.05, 0.1) is 0 Å². The van der Waals surface area contributed by atoms with Crippen LogP contribution in [0.5, 0.6) is 11.5 Å². The SMILES string of the molecule is CCC(C)N=Cc1cc(C(C)(C)C)cc(C(C)(C)C)c1O.Cc1cc(C=NC(C)C)c(O)c(C(C)(C)C)c1.[CH3-].[Zr]. The molecule has 0 saturated heterocycles. The number of phenols is 2. The molecule has 1 atom stereocenters. The molecule has 1 unspecified atom stereocenters. The van der Waals surface area contributed by atoms with Crippen LogP contribution in [0.25, 0.3) is 0 Å². The van der Waals surface area contributed by atoms with E-state index in [1.807, 2.05) is 39.1 Å². The average Bonchev–Trinajstić information content (AvgIpc) is 2.76. The standard InChI is InChI=1S/C19H31NO.C15H23NO.CH3.Zr/c1-9-13(2)20-12-14-10-15(18(3,4)5)11-16(17(14)21)19(6,7)8;1-10(2)16-9-12-7-11(3)8-13(14(12)17)15(4,5)6;;/h10-13,21H,9H2,1-8H3;7-10,17H,1-6H3;1H3;/q;;-1;. The number of aromatic hydroxyl groups is 2. The van der Waals surface area contributed by atoms with Crippen LogP contribution in [0.2, 0.25) is 0 Å². The van der Waals surface area contributed by atoms with Crippen LogP contribution < -0.4 is 0 Å². The zero-order chi connectivity index (χ0) is 29.6. The Morgan fingerprint density at radius 2 is 1.12 bits per heavy atom. The van der Waals surface area contributed by atoms with Gasteiger partial charge in [-0.25, -0.2) is 0 Å². The summed E-state index contributed by atoms with van der Waals surface area (Å²) in [6.45, 7) is 29.6. The smallest absolute Gasteiger partial charge is 0.128 e. The zero-order valence-electron chi connectivity index (χ0n) is 28.1. The molecular formula is C35H57N2O2Zr-. The molecule has 2 N–H and O–H groups in total. The van der Waals surface area contributed by atoms with E-state index in [1.165, 1.54) is 5.56 Å². The summed E-state index contributed by atoms with van der Waals surface area (Å²) >= 11 is 0. The van der Waals surface area contributed by atoms with Gasteiger partial charge in [0.2, 0.25) is 0 Å². The minimum Gasteiger partial charge on any atom is -0.507 e. The topological polar surface area (TPSA) is 65.2 Å². The quantitative estimate of drug-likeness (QED) is 0.256. The van der Waals surface area contributed by atoms with Gasteiger partial charge in [0.1, 0.15) is 11.5 Å². The Kier molecular flexibility index (Phi) is 16.2. The molecule has 40 heavy (non-hydrogen) atoms. The van der Waals surface area contributed by atoms with Gasteiger partial charge in [-0.05, 0) is 73.6 Å². The fourth-order valence-corrected chi connectivity index (χ4v) is 3.78. The first kappa shape index (κ1) is 40.4. The third-order valence-corrected chi connectivity index (χ3v) is 6.48. The number of aryl methyl sites for hydroxylation is 1. The van der Waals surface area contributed by atoms with Crippen molar-refractivity contribution < 1.29 is 36.4 Å². The summed E-state index contributed by atoms with van der Waals surface area (Å²) < 4.78 is 0. The van der Waals surface area contributed by atoms with Gasteiger partial charge in [-0.3, -0.25) is 9.98 Å². The maximum atomic E-state index is 10.6. The summed E-state index contributed by atoms with van der Waals surface area (Å²) in [4.78, 5) is 8.87. The molecule has 0 amide bonds. The van der Waals surface area contributed by atoms with Crippen LogP contribution in [-0.2, 0) is 42.4 Å². The van der Waals surface area contributed by atoms with Crippen LogP contribution in [0.15, 0.2) is 34.3 Å². The molecule has 0 aliphatic heterocycles. The molecule has 0 aliphatic carbocycles. The summed E-state index contributed by atoms with van der Waals surface area (Å²) in [5.41, 5.74) is 5.88. The number of rotatable bonds is 5. The third kappa shape index (κ3) is 12.4. The third-order valence-electron chi connectivity index (χ3n) is 6.48. The van der Waals surface area contributed by atoms with Crippen molar-refractivity contribution >= 4 is 12.4 Å². The molecule has 0 fully saturated rings. The van der Waals surface area contributed by atoms with Gasteiger partial charge in [0, 0.05) is 73.0 Å². The van der Waals surface area contributed by atoms with Crippen LogP contribution in [0, 0.1) is 14.4 Å². The van der Waals surface area contributed by atoms with E-state index < -0.39 is 0 Å². The molecule has 0 aromatic heterocycles. The van der Waals surface area contributed by atoms with Crippen molar-refractivity contribution in [2.24, 2.45) is 9.98 Å². The Hall–Kier alpha value is -1.74. The molecule has 2 rings (SSSR count). The Bertz CT molecular complexity index is 1130. The number of hydrogen-bond acceptors (Lipinski definition) is 4. The molecule has 0 spiro atoms. The zero-order valence-corrected chi connectivity index (χ0v) is 30.6. The second kappa shape index (κ2) is 16.0. The largest absolute Gasteiger partial charge is 0.507 e. The van der Waals surface area contributed by atoms with E-state index >= 15 is 0 Å². The molecule has 2 aromatic carbocycles. The van der Waals surface area contributed by atoms with E-state index in [4.69, 9.17) is 0 Å². The molecule has 0 radical (unpaired) electrons. The van der Waals surface area contributed by atoms with Gasteiger partial charge in [0.15, 0.2) is 0 Å². The fourth-order valence-electron chi connectivity index (χ4n) is 3.78. The maximum Gasteiger partial charge on any atom is 0.128 e. The summed E-state index contributed by atoms with van der Waals surface area (Å²) in [5.74, 6) is 0.718. The van der Waals surface area contributed by atoms with E-state index in [0.717, 1.165) is 34.2 Å². The Labute approximate surface area is 266 Å². The van der Waals surface area contributed by atoms with Gasteiger partial charge >= 0.3 is 0 Å². The summed E-state index contributed by atoms with van der Waals surface area (Å²) in [6, 6.07) is 8.74. The van der Waals surface area contributed by atoms with E-state index in [-0.39, 0.29) is 62.0 Å². The predicted octanol–water partition coefficient (Wildman–Crippen LogP) is 9.48. The van der Waals surface area contributed by atoms with Crippen molar-refractivity contribution in [1.29, 1.82) is 0 Å². The van der Waals surface area contributed by atoms with Gasteiger partial charge in [0.25, 0.3) is 0 Å². The first-order chi connectivity index (χ1) is 17.2. The molecule has 0 heterocycles. The van der Waals surface area contributed by atoms with Crippen LogP contribution in [-0.4, -0.2) is 34.7 Å². The van der Waals surface area contributed by atoms with E-state index in [9.17, 15) is 10.2 Å². The van der Waals surface area contributed by atoms with Crippen molar-refractivity contribution in [2.45, 2.75) is 132 Å². The molecule has 0 saturated carbocycles. The van der Waals surface area contributed by atoms with E-state index in [1.54, 1.807) is 6.21 Å². The van der Waals surface area contributed by atoms with E-state index in [2.05, 4.69) is 98.3 Å². The van der Waals surface area contributed by atoms with Crippen molar-refractivity contribution in [1.82, 2.24) is 0 Å². The molecule has 0 bridgehead atoms. The van der Waals surface area contributed by atoms with Gasteiger partial charge < -0.3 is 17.6 Å². The summed E-state index contributed by atoms with van der Waals surface area (Å²) in [5, 5.41) is 20.9. The molecule has 2 aromatic rings. The van der Waals surface area contributed by atoms with Crippen LogP contribution in [0.3, 0.4) is 0 Å². The maximum absolute atomic E-state index is 10.6. The van der Waals surface area contributed by atoms with Crippen molar-refractivity contribution in [3.63, 3.8) is 0 Å². The second-order valence-corrected chi connectivity index (χ2v) is 13.9. The second-order valence-electron chi connectivity index (χ2n) is 13.9. The van der Waals surface area contributed by atoms with Gasteiger partial charge in [-0.15, -0.1) is 0 Å². The Morgan fingerprint density at radius 3 is 1.52 bits per heavy atom. The molecule has 4 nitrogen and oxygen atoms in total. The molecular weight excluding hydrogens is 572 g/mol. The van der Waals surface area contributed by atoms with Crippen molar-refractivity contribution in [2.75, 3.05) is 0 Å². The van der Waals surface area contributed by atoms with Gasteiger partial charge in [-0.2, -0.15) is 0 Å². The first-order valence-electron chi connectivity index (χ1n) is 14.0. The fraction of sp³-hybridized carbons (Fsp3) is 0.571. The predicted molar refractivity (Wildman–Crippen MR) is 174 cm³/mol. The number of nitrogens with zero attached hydrogens (tertiary/aromatic N) is 2. The normalized spacial score (nSPS) is 13.1. The Balaban J connectivity index is 0. The van der Waals surface area contributed by atoms with Crippen LogP contribution in [0.4, 0.5) is 0 Å². The first-order valence-corrected chi connectivity index (χ1v) is 14.0. The Morgan fingerprint density at radius 1 is 0.700 bits per heavy atom. The average molecular weight is 629 g/mol. The number of benzene rings is 2. The van der Waals surface area contributed by atoms with Gasteiger partial charge in [-0.1, -0.05) is 81.4 Å².